The first kappa shape index (κ1) is 13.3. The van der Waals surface area contributed by atoms with Crippen molar-refractivity contribution < 1.29 is 8.42 Å². The van der Waals surface area contributed by atoms with Gasteiger partial charge in [0.15, 0.2) is 8.68 Å². The lowest BCUT2D eigenvalue weighted by molar-refractivity contribution is 0.603. The van der Waals surface area contributed by atoms with Crippen LogP contribution >= 0.6 is 22.9 Å². The molecule has 7 heteroatoms. The summed E-state index contributed by atoms with van der Waals surface area (Å²) < 4.78 is 26.9. The fourth-order valence-electron chi connectivity index (χ4n) is 1.60. The third-order valence-corrected chi connectivity index (χ3v) is 5.15. The van der Waals surface area contributed by atoms with Crippen molar-refractivity contribution in [3.05, 3.63) is 40.0 Å². The Balaban J connectivity index is 2.33. The summed E-state index contributed by atoms with van der Waals surface area (Å²) in [7, 11) is -3.60. The van der Waals surface area contributed by atoms with Crippen molar-refractivity contribution in [3.8, 4) is 0 Å². The Kier molecular flexibility index (Phi) is 3.61. The van der Waals surface area contributed by atoms with Crippen LogP contribution in [0.4, 0.5) is 5.69 Å². The number of hydrogen-bond acceptors (Lipinski definition) is 4. The van der Waals surface area contributed by atoms with Crippen molar-refractivity contribution in [1.29, 1.82) is 0 Å². The van der Waals surface area contributed by atoms with Crippen molar-refractivity contribution in [2.45, 2.75) is 18.1 Å². The molecule has 0 saturated heterocycles. The van der Waals surface area contributed by atoms with Gasteiger partial charge in [0.05, 0.1) is 6.20 Å². The van der Waals surface area contributed by atoms with Crippen LogP contribution in [0.15, 0.2) is 28.6 Å². The molecule has 1 N–H and O–H groups in total. The summed E-state index contributed by atoms with van der Waals surface area (Å²) in [4.78, 5) is 3.72. The lowest BCUT2D eigenvalue weighted by Gasteiger charge is -2.07. The van der Waals surface area contributed by atoms with Crippen molar-refractivity contribution in [3.63, 3.8) is 0 Å². The fraction of sp³-hybridized carbons (Fsp3) is 0.182. The SMILES string of the molecule is Cc1cc(C)cc(NS(=O)(=O)c2cnc(Cl)s2)c1. The van der Waals surface area contributed by atoms with E-state index in [1.807, 2.05) is 19.9 Å². The van der Waals surface area contributed by atoms with Gasteiger partial charge in [0.1, 0.15) is 0 Å². The number of benzene rings is 1. The molecule has 96 valence electrons. The fourth-order valence-corrected chi connectivity index (χ4v) is 3.94. The topological polar surface area (TPSA) is 59.1 Å². The van der Waals surface area contributed by atoms with E-state index < -0.39 is 10.0 Å². The van der Waals surface area contributed by atoms with Gasteiger partial charge in [0.25, 0.3) is 10.0 Å². The molecule has 1 aromatic carbocycles. The largest absolute Gasteiger partial charge is 0.279 e. The minimum atomic E-state index is -3.60. The average molecular weight is 303 g/mol. The second-order valence-electron chi connectivity index (χ2n) is 3.91. The van der Waals surface area contributed by atoms with Gasteiger partial charge in [-0.3, -0.25) is 4.72 Å². The van der Waals surface area contributed by atoms with Gasteiger partial charge in [-0.1, -0.05) is 29.0 Å². The van der Waals surface area contributed by atoms with E-state index in [0.29, 0.717) is 5.69 Å². The van der Waals surface area contributed by atoms with Crippen LogP contribution in [-0.4, -0.2) is 13.4 Å². The van der Waals surface area contributed by atoms with E-state index in [9.17, 15) is 8.42 Å². The number of rotatable bonds is 3. The standard InChI is InChI=1S/C11H11ClN2O2S2/c1-7-3-8(2)5-9(4-7)14-18(15,16)10-6-13-11(12)17-10/h3-6,14H,1-2H3. The monoisotopic (exact) mass is 302 g/mol. The highest BCUT2D eigenvalue weighted by molar-refractivity contribution is 7.94. The highest BCUT2D eigenvalue weighted by Crippen LogP contribution is 2.25. The first-order valence-electron chi connectivity index (χ1n) is 5.09. The molecule has 0 fully saturated rings. The normalized spacial score (nSPS) is 11.5. The average Bonchev–Trinajstić information content (AvgIpc) is 2.62. The second-order valence-corrected chi connectivity index (χ2v) is 7.44. The Morgan fingerprint density at radius 1 is 1.22 bits per heavy atom. The van der Waals surface area contributed by atoms with Gasteiger partial charge in [0, 0.05) is 5.69 Å². The highest BCUT2D eigenvalue weighted by Gasteiger charge is 2.17. The lowest BCUT2D eigenvalue weighted by atomic mass is 10.1. The summed E-state index contributed by atoms with van der Waals surface area (Å²) in [6, 6.07) is 5.52. The van der Waals surface area contributed by atoms with Crippen LogP contribution in [-0.2, 0) is 10.0 Å². The molecule has 0 radical (unpaired) electrons. The first-order valence-corrected chi connectivity index (χ1v) is 7.77. The summed E-state index contributed by atoms with van der Waals surface area (Å²) in [5, 5.41) is 0. The Morgan fingerprint density at radius 3 is 2.33 bits per heavy atom. The molecule has 4 nitrogen and oxygen atoms in total. The molecular formula is C11H11ClN2O2S2. The van der Waals surface area contributed by atoms with Gasteiger partial charge >= 0.3 is 0 Å². The first-order chi connectivity index (χ1) is 8.37. The van der Waals surface area contributed by atoms with E-state index in [2.05, 4.69) is 9.71 Å². The predicted molar refractivity (Wildman–Crippen MR) is 73.8 cm³/mol. The molecule has 0 atom stereocenters. The van der Waals surface area contributed by atoms with Gasteiger partial charge < -0.3 is 0 Å². The van der Waals surface area contributed by atoms with E-state index in [1.165, 1.54) is 6.20 Å². The molecule has 1 aromatic heterocycles. The van der Waals surface area contributed by atoms with Crippen molar-refractivity contribution in [2.75, 3.05) is 4.72 Å². The molecule has 0 aliphatic heterocycles. The molecule has 2 rings (SSSR count). The maximum Gasteiger partial charge on any atom is 0.273 e. The minimum absolute atomic E-state index is 0.103. The van der Waals surface area contributed by atoms with E-state index in [-0.39, 0.29) is 8.68 Å². The number of nitrogens with one attached hydrogen (secondary N) is 1. The number of sulfonamides is 1. The van der Waals surface area contributed by atoms with E-state index >= 15 is 0 Å². The third kappa shape index (κ3) is 3.01. The summed E-state index contributed by atoms with van der Waals surface area (Å²) in [6.45, 7) is 3.82. The molecule has 0 aliphatic rings. The zero-order chi connectivity index (χ0) is 13.3. The number of halogens is 1. The van der Waals surface area contributed by atoms with Crippen molar-refractivity contribution >= 4 is 38.6 Å². The van der Waals surface area contributed by atoms with Crippen molar-refractivity contribution in [1.82, 2.24) is 4.98 Å². The molecular weight excluding hydrogens is 292 g/mol. The molecule has 1 heterocycles. The number of aryl methyl sites for hydroxylation is 2. The van der Waals surface area contributed by atoms with Gasteiger partial charge in [-0.2, -0.15) is 0 Å². The number of anilines is 1. The van der Waals surface area contributed by atoms with Gasteiger partial charge in [-0.25, -0.2) is 13.4 Å². The number of nitrogens with zero attached hydrogens (tertiary/aromatic N) is 1. The highest BCUT2D eigenvalue weighted by atomic mass is 35.5. The molecule has 0 amide bonds. The number of hydrogen-bond donors (Lipinski definition) is 1. The molecule has 0 bridgehead atoms. The van der Waals surface area contributed by atoms with Crippen LogP contribution in [0.5, 0.6) is 0 Å². The predicted octanol–water partition coefficient (Wildman–Crippen LogP) is 3.21. The maximum atomic E-state index is 12.0. The molecule has 18 heavy (non-hydrogen) atoms. The number of aromatic nitrogens is 1. The summed E-state index contributed by atoms with van der Waals surface area (Å²) in [5.41, 5.74) is 2.53. The molecule has 0 spiro atoms. The molecule has 0 saturated carbocycles. The van der Waals surface area contributed by atoms with Crippen LogP contribution in [0.2, 0.25) is 4.47 Å². The van der Waals surface area contributed by atoms with Gasteiger partial charge in [0.2, 0.25) is 0 Å². The van der Waals surface area contributed by atoms with E-state index in [1.54, 1.807) is 12.1 Å². The smallest absolute Gasteiger partial charge is 0.273 e. The Bertz CT molecular complexity index is 660. The van der Waals surface area contributed by atoms with E-state index in [4.69, 9.17) is 11.6 Å². The van der Waals surface area contributed by atoms with Crippen LogP contribution in [0, 0.1) is 13.8 Å². The molecule has 0 aliphatic carbocycles. The third-order valence-electron chi connectivity index (χ3n) is 2.20. The van der Waals surface area contributed by atoms with Crippen LogP contribution in [0.25, 0.3) is 0 Å². The second kappa shape index (κ2) is 4.87. The quantitative estimate of drug-likeness (QED) is 0.947. The van der Waals surface area contributed by atoms with E-state index in [0.717, 1.165) is 22.5 Å². The lowest BCUT2D eigenvalue weighted by Crippen LogP contribution is -2.11. The van der Waals surface area contributed by atoms with Crippen LogP contribution in [0.1, 0.15) is 11.1 Å². The maximum absolute atomic E-state index is 12.0. The van der Waals surface area contributed by atoms with Crippen LogP contribution < -0.4 is 4.72 Å². The summed E-state index contributed by atoms with van der Waals surface area (Å²) >= 11 is 6.56. The van der Waals surface area contributed by atoms with Crippen LogP contribution in [0.3, 0.4) is 0 Å². The number of thiazole rings is 1. The van der Waals surface area contributed by atoms with Crippen molar-refractivity contribution in [2.24, 2.45) is 0 Å². The minimum Gasteiger partial charge on any atom is -0.279 e. The summed E-state index contributed by atoms with van der Waals surface area (Å²) in [5.74, 6) is 0. The zero-order valence-electron chi connectivity index (χ0n) is 9.77. The van der Waals surface area contributed by atoms with Gasteiger partial charge in [-0.15, -0.1) is 0 Å². The van der Waals surface area contributed by atoms with Gasteiger partial charge in [-0.05, 0) is 37.1 Å². The Labute approximate surface area is 115 Å². The Morgan fingerprint density at radius 2 is 1.83 bits per heavy atom. The Hall–Kier alpha value is -1.11. The summed E-state index contributed by atoms with van der Waals surface area (Å²) in [6.07, 6.45) is 1.25. The molecule has 0 unspecified atom stereocenters. The zero-order valence-corrected chi connectivity index (χ0v) is 12.2. The molecule has 2 aromatic rings.